The maximum atomic E-state index is 12.9. The Bertz CT molecular complexity index is 1110. The lowest BCUT2D eigenvalue weighted by Gasteiger charge is -2.41. The summed E-state index contributed by atoms with van der Waals surface area (Å²) in [7, 11) is 0. The van der Waals surface area contributed by atoms with Gasteiger partial charge >= 0.3 is 5.97 Å². The molecule has 0 bridgehead atoms. The van der Waals surface area contributed by atoms with Crippen molar-refractivity contribution in [3.05, 3.63) is 69.2 Å². The molecule has 2 aliphatic rings. The van der Waals surface area contributed by atoms with Crippen LogP contribution in [0.2, 0.25) is 5.02 Å². The Labute approximate surface area is 203 Å². The number of benzene rings is 2. The predicted molar refractivity (Wildman–Crippen MR) is 128 cm³/mol. The normalized spacial score (nSPS) is 23.7. The molecule has 2 aliphatic heterocycles. The molecular weight excluding hydrogens is 516 g/mol. The topological polar surface area (TPSA) is 76.0 Å². The van der Waals surface area contributed by atoms with E-state index in [1.807, 2.05) is 32.0 Å². The fourth-order valence-corrected chi connectivity index (χ4v) is 5.85. The summed E-state index contributed by atoms with van der Waals surface area (Å²) in [5.74, 6) is -1.13. The smallest absolute Gasteiger partial charge is 0.330 e. The van der Waals surface area contributed by atoms with Crippen LogP contribution in [0.5, 0.6) is 0 Å². The van der Waals surface area contributed by atoms with E-state index in [1.165, 1.54) is 16.7 Å². The highest BCUT2D eigenvalue weighted by Gasteiger charge is 2.64. The maximum absolute atomic E-state index is 12.9. The van der Waals surface area contributed by atoms with Crippen molar-refractivity contribution >= 4 is 63.2 Å². The molecule has 0 spiro atoms. The number of halogens is 2. The zero-order valence-corrected chi connectivity index (χ0v) is 20.5. The number of carbonyl (C=O) groups excluding carboxylic acids is 3. The number of amides is 1. The molecule has 0 saturated carbocycles. The van der Waals surface area contributed by atoms with E-state index < -0.39 is 22.8 Å². The van der Waals surface area contributed by atoms with Crippen LogP contribution in [0, 0.1) is 0 Å². The van der Waals surface area contributed by atoms with E-state index in [4.69, 9.17) is 16.3 Å². The Balaban J connectivity index is 1.42. The lowest BCUT2D eigenvalue weighted by Crippen LogP contribution is -2.65. The van der Waals surface area contributed by atoms with E-state index in [0.717, 1.165) is 10.0 Å². The first-order chi connectivity index (χ1) is 15.2. The van der Waals surface area contributed by atoms with Crippen LogP contribution in [0.4, 0.5) is 0 Å². The Hall–Kier alpha value is -2.16. The molecule has 0 aliphatic carbocycles. The van der Waals surface area contributed by atoms with Gasteiger partial charge in [-0.05, 0) is 32.0 Å². The number of ether oxygens (including phenoxy) is 1. The number of Topliss-reactive ketones (excluding diaryl/α,β-unsaturated/α-hetero) is 1. The first-order valence-corrected chi connectivity index (χ1v) is 12.0. The third kappa shape index (κ3) is 4.36. The maximum Gasteiger partial charge on any atom is 0.330 e. The quantitative estimate of drug-likeness (QED) is 0.238. The lowest BCUT2D eigenvalue weighted by molar-refractivity contribution is -0.161. The molecule has 0 aromatic heterocycles. The number of fused-ring (bicyclic) bond motifs is 1. The zero-order valence-electron chi connectivity index (χ0n) is 17.3. The Kier molecular flexibility index (Phi) is 6.47. The van der Waals surface area contributed by atoms with Crippen LogP contribution in [0.1, 0.15) is 29.8 Å². The fraction of sp³-hybridized carbons (Fsp3) is 0.304. The van der Waals surface area contributed by atoms with Gasteiger partial charge in [0.15, 0.2) is 18.4 Å². The fourth-order valence-electron chi connectivity index (χ4n) is 3.79. The minimum atomic E-state index is -0.783. The van der Waals surface area contributed by atoms with E-state index in [-0.39, 0.29) is 23.7 Å². The van der Waals surface area contributed by atoms with Crippen LogP contribution < -0.4 is 0 Å². The van der Waals surface area contributed by atoms with E-state index in [9.17, 15) is 14.4 Å². The number of ketones is 1. The second-order valence-electron chi connectivity index (χ2n) is 8.04. The molecule has 2 aromatic rings. The van der Waals surface area contributed by atoms with Gasteiger partial charge in [-0.25, -0.2) is 4.79 Å². The second kappa shape index (κ2) is 9.00. The molecule has 1 unspecified atom stereocenters. The van der Waals surface area contributed by atoms with Crippen molar-refractivity contribution < 1.29 is 19.1 Å². The summed E-state index contributed by atoms with van der Waals surface area (Å²) in [6.45, 7) is 3.40. The minimum absolute atomic E-state index is 0.238. The van der Waals surface area contributed by atoms with Crippen LogP contribution in [0.25, 0.3) is 0 Å². The van der Waals surface area contributed by atoms with Gasteiger partial charge in [0.2, 0.25) is 0 Å². The molecular formula is C23H20BrClN2O4S. The number of nitrogens with zero attached hydrogens (tertiary/aromatic N) is 2. The monoisotopic (exact) mass is 534 g/mol. The molecule has 2 aromatic carbocycles. The first-order valence-electron chi connectivity index (χ1n) is 9.92. The molecule has 4 rings (SSSR count). The number of hydrogen-bond donors (Lipinski definition) is 0. The first kappa shape index (κ1) is 23.0. The molecule has 2 heterocycles. The van der Waals surface area contributed by atoms with Crippen LogP contribution >= 0.6 is 39.3 Å². The number of aliphatic imine (C=N–C) groups is 1. The molecule has 1 amide bonds. The van der Waals surface area contributed by atoms with Crippen molar-refractivity contribution in [3.8, 4) is 0 Å². The van der Waals surface area contributed by atoms with Gasteiger partial charge in [-0.1, -0.05) is 57.9 Å². The van der Waals surface area contributed by atoms with Gasteiger partial charge in [0.05, 0.1) is 0 Å². The highest BCUT2D eigenvalue weighted by Crippen LogP contribution is 2.52. The van der Waals surface area contributed by atoms with Gasteiger partial charge in [-0.3, -0.25) is 14.6 Å². The van der Waals surface area contributed by atoms with Crippen molar-refractivity contribution in [1.82, 2.24) is 4.90 Å². The summed E-state index contributed by atoms with van der Waals surface area (Å²) < 4.78 is 5.60. The third-order valence-electron chi connectivity index (χ3n) is 5.43. The number of carbonyl (C=O) groups is 3. The van der Waals surface area contributed by atoms with Crippen LogP contribution in [-0.4, -0.2) is 57.6 Å². The highest BCUT2D eigenvalue weighted by molar-refractivity contribution is 9.10. The van der Waals surface area contributed by atoms with Gasteiger partial charge in [0, 0.05) is 31.6 Å². The molecule has 6 nitrogen and oxygen atoms in total. The van der Waals surface area contributed by atoms with Gasteiger partial charge < -0.3 is 9.64 Å². The zero-order chi connectivity index (χ0) is 23.0. The summed E-state index contributed by atoms with van der Waals surface area (Å²) in [5.41, 5.74) is 1.18. The molecule has 0 N–H and O–H groups in total. The Morgan fingerprint density at radius 3 is 2.59 bits per heavy atom. The van der Waals surface area contributed by atoms with Gasteiger partial charge in [0.1, 0.15) is 11.4 Å². The van der Waals surface area contributed by atoms with E-state index in [1.54, 1.807) is 36.5 Å². The molecule has 32 heavy (non-hydrogen) atoms. The molecule has 2 saturated heterocycles. The molecule has 3 atom stereocenters. The standard InChI is InChI=1S/C23H20BrClN2O4S/c1-23(2)19(22(30)31-12-17(28)13-7-9-15(24)10-8-13)27-20(29)18(21(27)32-23)26-11-14-5-3-4-6-16(14)25/h3-11,18-19,21H,12H2,1-2H3/b26-11+/t18?,19-,21+/m0/s1. The Morgan fingerprint density at radius 1 is 1.22 bits per heavy atom. The van der Waals surface area contributed by atoms with Gasteiger partial charge in [-0.2, -0.15) is 0 Å². The summed E-state index contributed by atoms with van der Waals surface area (Å²) >= 11 is 11.0. The van der Waals surface area contributed by atoms with Gasteiger partial charge in [0.25, 0.3) is 5.91 Å². The SMILES string of the molecule is CC1(C)S[C@@H]2C(/N=C/c3ccccc3Cl)C(=O)N2[C@H]1C(=O)OCC(=O)c1ccc(Br)cc1. The van der Waals surface area contributed by atoms with Crippen LogP contribution in [0.15, 0.2) is 58.0 Å². The number of esters is 1. The van der Waals surface area contributed by atoms with Crippen molar-refractivity contribution in [2.75, 3.05) is 6.61 Å². The average Bonchev–Trinajstić information content (AvgIpc) is 3.01. The van der Waals surface area contributed by atoms with Crippen molar-refractivity contribution in [2.45, 2.75) is 36.1 Å². The second-order valence-corrected chi connectivity index (χ2v) is 11.1. The van der Waals surface area contributed by atoms with E-state index >= 15 is 0 Å². The average molecular weight is 536 g/mol. The third-order valence-corrected chi connectivity index (χ3v) is 7.86. The van der Waals surface area contributed by atoms with Crippen LogP contribution in [0.3, 0.4) is 0 Å². The van der Waals surface area contributed by atoms with Crippen LogP contribution in [-0.2, 0) is 14.3 Å². The van der Waals surface area contributed by atoms with Crippen molar-refractivity contribution in [1.29, 1.82) is 0 Å². The summed E-state index contributed by atoms with van der Waals surface area (Å²) in [6, 6.07) is 12.7. The number of β-lactam (4-membered cyclic amide) rings is 1. The molecule has 2 fully saturated rings. The van der Waals surface area contributed by atoms with E-state index in [0.29, 0.717) is 10.6 Å². The molecule has 0 radical (unpaired) electrons. The highest BCUT2D eigenvalue weighted by atomic mass is 79.9. The number of hydrogen-bond acceptors (Lipinski definition) is 6. The number of thioether (sulfide) groups is 1. The van der Waals surface area contributed by atoms with Crippen molar-refractivity contribution in [3.63, 3.8) is 0 Å². The summed E-state index contributed by atoms with van der Waals surface area (Å²) in [5, 5.41) is 0.284. The summed E-state index contributed by atoms with van der Waals surface area (Å²) in [6.07, 6.45) is 1.60. The lowest BCUT2D eigenvalue weighted by atomic mass is 9.96. The van der Waals surface area contributed by atoms with Gasteiger partial charge in [-0.15, -0.1) is 11.8 Å². The van der Waals surface area contributed by atoms with E-state index in [2.05, 4.69) is 20.9 Å². The molecule has 9 heteroatoms. The summed E-state index contributed by atoms with van der Waals surface area (Å²) in [4.78, 5) is 44.0. The van der Waals surface area contributed by atoms with Crippen molar-refractivity contribution in [2.24, 2.45) is 4.99 Å². The predicted octanol–water partition coefficient (Wildman–Crippen LogP) is 4.38. The molecule has 166 valence electrons. The Morgan fingerprint density at radius 2 is 1.91 bits per heavy atom. The number of rotatable bonds is 6. The minimum Gasteiger partial charge on any atom is -0.456 e. The largest absolute Gasteiger partial charge is 0.456 e.